The Hall–Kier alpha value is -1.88. The van der Waals surface area contributed by atoms with Crippen LogP contribution in [0.4, 0.5) is 0 Å². The van der Waals surface area contributed by atoms with Crippen LogP contribution in [0.25, 0.3) is 0 Å². The SMILES string of the molecule is CC(NC(=O)c1ccccc1)C(=O)NC(CCO)C(C)C. The van der Waals surface area contributed by atoms with Crippen molar-refractivity contribution >= 4 is 11.8 Å². The first-order valence-corrected chi connectivity index (χ1v) is 7.22. The zero-order chi connectivity index (χ0) is 15.8. The molecule has 0 spiro atoms. The molecule has 0 aliphatic rings. The van der Waals surface area contributed by atoms with Crippen molar-refractivity contribution in [3.63, 3.8) is 0 Å². The molecule has 0 heterocycles. The first-order chi connectivity index (χ1) is 9.95. The highest BCUT2D eigenvalue weighted by atomic mass is 16.3. The molecule has 0 aliphatic heterocycles. The minimum atomic E-state index is -0.627. The summed E-state index contributed by atoms with van der Waals surface area (Å²) in [4.78, 5) is 24.1. The van der Waals surface area contributed by atoms with E-state index < -0.39 is 6.04 Å². The molecule has 5 nitrogen and oxygen atoms in total. The van der Waals surface area contributed by atoms with Gasteiger partial charge in [-0.1, -0.05) is 32.0 Å². The average Bonchev–Trinajstić information content (AvgIpc) is 2.47. The molecule has 0 fully saturated rings. The molecule has 3 N–H and O–H groups in total. The Kier molecular flexibility index (Phi) is 6.88. The lowest BCUT2D eigenvalue weighted by Crippen LogP contribution is -2.49. The van der Waals surface area contributed by atoms with Crippen LogP contribution < -0.4 is 10.6 Å². The molecule has 21 heavy (non-hydrogen) atoms. The minimum absolute atomic E-state index is 0.0217. The molecule has 1 aromatic carbocycles. The standard InChI is InChI=1S/C16H24N2O3/c1-11(2)14(9-10-19)18-15(20)12(3)17-16(21)13-7-5-4-6-8-13/h4-8,11-12,14,19H,9-10H2,1-3H3,(H,17,21)(H,18,20). The van der Waals surface area contributed by atoms with Crippen LogP contribution in [0.5, 0.6) is 0 Å². The first kappa shape index (κ1) is 17.2. The van der Waals surface area contributed by atoms with E-state index in [2.05, 4.69) is 10.6 Å². The van der Waals surface area contributed by atoms with E-state index in [1.54, 1.807) is 31.2 Å². The van der Waals surface area contributed by atoms with Crippen molar-refractivity contribution in [1.29, 1.82) is 0 Å². The van der Waals surface area contributed by atoms with Gasteiger partial charge in [0.2, 0.25) is 5.91 Å². The van der Waals surface area contributed by atoms with E-state index in [0.717, 1.165) is 0 Å². The second kappa shape index (κ2) is 8.42. The lowest BCUT2D eigenvalue weighted by molar-refractivity contribution is -0.123. The summed E-state index contributed by atoms with van der Waals surface area (Å²) in [6, 6.07) is 8.04. The molecule has 2 atom stereocenters. The summed E-state index contributed by atoms with van der Waals surface area (Å²) >= 11 is 0. The maximum atomic E-state index is 12.1. The smallest absolute Gasteiger partial charge is 0.251 e. The third-order valence-electron chi connectivity index (χ3n) is 3.35. The van der Waals surface area contributed by atoms with Gasteiger partial charge in [-0.3, -0.25) is 9.59 Å². The molecule has 5 heteroatoms. The highest BCUT2D eigenvalue weighted by molar-refractivity contribution is 5.97. The Labute approximate surface area is 125 Å². The number of rotatable bonds is 7. The monoisotopic (exact) mass is 292 g/mol. The van der Waals surface area contributed by atoms with Gasteiger partial charge in [-0.2, -0.15) is 0 Å². The maximum absolute atomic E-state index is 12.1. The predicted octanol–water partition coefficient (Wildman–Crippen LogP) is 1.33. The van der Waals surface area contributed by atoms with Crippen LogP contribution in [-0.4, -0.2) is 35.6 Å². The van der Waals surface area contributed by atoms with Crippen molar-refractivity contribution < 1.29 is 14.7 Å². The Morgan fingerprint density at radius 1 is 1.10 bits per heavy atom. The lowest BCUT2D eigenvalue weighted by Gasteiger charge is -2.24. The summed E-state index contributed by atoms with van der Waals surface area (Å²) in [6.07, 6.45) is 0.503. The van der Waals surface area contributed by atoms with Gasteiger partial charge < -0.3 is 15.7 Å². The zero-order valence-corrected chi connectivity index (χ0v) is 12.8. The molecular weight excluding hydrogens is 268 g/mol. The van der Waals surface area contributed by atoms with Gasteiger partial charge in [0, 0.05) is 18.2 Å². The summed E-state index contributed by atoms with van der Waals surface area (Å²) in [7, 11) is 0. The largest absolute Gasteiger partial charge is 0.396 e. The second-order valence-corrected chi connectivity index (χ2v) is 5.43. The van der Waals surface area contributed by atoms with Crippen LogP contribution >= 0.6 is 0 Å². The molecule has 0 radical (unpaired) electrons. The van der Waals surface area contributed by atoms with Gasteiger partial charge in [0.25, 0.3) is 5.91 Å². The van der Waals surface area contributed by atoms with E-state index in [4.69, 9.17) is 5.11 Å². The van der Waals surface area contributed by atoms with Gasteiger partial charge >= 0.3 is 0 Å². The van der Waals surface area contributed by atoms with E-state index in [1.807, 2.05) is 19.9 Å². The summed E-state index contributed by atoms with van der Waals surface area (Å²) in [5, 5.41) is 14.5. The molecule has 2 unspecified atom stereocenters. The van der Waals surface area contributed by atoms with Crippen molar-refractivity contribution in [2.45, 2.75) is 39.3 Å². The number of benzene rings is 1. The highest BCUT2D eigenvalue weighted by Crippen LogP contribution is 2.06. The molecule has 0 saturated carbocycles. The van der Waals surface area contributed by atoms with E-state index in [1.165, 1.54) is 0 Å². The van der Waals surface area contributed by atoms with Gasteiger partial charge in [0.15, 0.2) is 0 Å². The van der Waals surface area contributed by atoms with Crippen LogP contribution in [0, 0.1) is 5.92 Å². The van der Waals surface area contributed by atoms with Gasteiger partial charge in [-0.05, 0) is 31.4 Å². The average molecular weight is 292 g/mol. The fourth-order valence-electron chi connectivity index (χ4n) is 1.95. The molecule has 1 aromatic rings. The van der Waals surface area contributed by atoms with E-state index in [9.17, 15) is 9.59 Å². The molecule has 0 saturated heterocycles. The van der Waals surface area contributed by atoms with Crippen molar-refractivity contribution in [2.24, 2.45) is 5.92 Å². The number of carbonyl (C=O) groups is 2. The summed E-state index contributed by atoms with van der Waals surface area (Å²) < 4.78 is 0. The number of hydrogen-bond donors (Lipinski definition) is 3. The molecular formula is C16H24N2O3. The van der Waals surface area contributed by atoms with Gasteiger partial charge in [-0.25, -0.2) is 0 Å². The normalized spacial score (nSPS) is 13.6. The van der Waals surface area contributed by atoms with Crippen molar-refractivity contribution in [3.8, 4) is 0 Å². The summed E-state index contributed by atoms with van der Waals surface area (Å²) in [5.41, 5.74) is 0.521. The molecule has 1 rings (SSSR count). The lowest BCUT2D eigenvalue weighted by atomic mass is 10.0. The van der Waals surface area contributed by atoms with Crippen LogP contribution in [-0.2, 0) is 4.79 Å². The van der Waals surface area contributed by atoms with Gasteiger partial charge in [0.05, 0.1) is 0 Å². The van der Waals surface area contributed by atoms with Crippen LogP contribution in [0.3, 0.4) is 0 Å². The van der Waals surface area contributed by atoms with Crippen molar-refractivity contribution in [1.82, 2.24) is 10.6 Å². The van der Waals surface area contributed by atoms with Gasteiger partial charge in [0.1, 0.15) is 6.04 Å². The van der Waals surface area contributed by atoms with Crippen LogP contribution in [0.2, 0.25) is 0 Å². The first-order valence-electron chi connectivity index (χ1n) is 7.22. The van der Waals surface area contributed by atoms with Crippen molar-refractivity contribution in [2.75, 3.05) is 6.61 Å². The molecule has 2 amide bonds. The van der Waals surface area contributed by atoms with Crippen LogP contribution in [0.15, 0.2) is 30.3 Å². The number of hydrogen-bond acceptors (Lipinski definition) is 3. The highest BCUT2D eigenvalue weighted by Gasteiger charge is 2.21. The second-order valence-electron chi connectivity index (χ2n) is 5.43. The quantitative estimate of drug-likeness (QED) is 0.709. The number of nitrogens with one attached hydrogen (secondary N) is 2. The Morgan fingerprint density at radius 2 is 1.71 bits per heavy atom. The zero-order valence-electron chi connectivity index (χ0n) is 12.8. The number of aliphatic hydroxyl groups is 1. The molecule has 0 aliphatic carbocycles. The topological polar surface area (TPSA) is 78.4 Å². The number of amides is 2. The summed E-state index contributed by atoms with van der Waals surface area (Å²) in [6.45, 7) is 5.63. The van der Waals surface area contributed by atoms with Gasteiger partial charge in [-0.15, -0.1) is 0 Å². The van der Waals surface area contributed by atoms with Crippen molar-refractivity contribution in [3.05, 3.63) is 35.9 Å². The van der Waals surface area contributed by atoms with E-state index >= 15 is 0 Å². The van der Waals surface area contributed by atoms with Crippen LogP contribution in [0.1, 0.15) is 37.6 Å². The molecule has 0 bridgehead atoms. The third kappa shape index (κ3) is 5.55. The molecule has 0 aromatic heterocycles. The number of aliphatic hydroxyl groups excluding tert-OH is 1. The predicted molar refractivity (Wildman–Crippen MR) is 81.8 cm³/mol. The Morgan fingerprint density at radius 3 is 2.24 bits per heavy atom. The molecule has 116 valence electrons. The minimum Gasteiger partial charge on any atom is -0.396 e. The van der Waals surface area contributed by atoms with E-state index in [-0.39, 0.29) is 30.4 Å². The Bertz CT molecular complexity index is 460. The fourth-order valence-corrected chi connectivity index (χ4v) is 1.95. The van der Waals surface area contributed by atoms with E-state index in [0.29, 0.717) is 12.0 Å². The fraction of sp³-hybridized carbons (Fsp3) is 0.500. The maximum Gasteiger partial charge on any atom is 0.251 e. The summed E-state index contributed by atoms with van der Waals surface area (Å²) in [5.74, 6) is -0.300. The number of carbonyl (C=O) groups excluding carboxylic acids is 2. The Balaban J connectivity index is 2.56. The third-order valence-corrected chi connectivity index (χ3v) is 3.35.